The number of hydrogen-bond acceptors (Lipinski definition) is 4. The molecule has 1 aromatic heterocycles. The van der Waals surface area contributed by atoms with Gasteiger partial charge in [0.05, 0.1) is 16.6 Å². The molecular formula is C12H10BrFN2O3. The van der Waals surface area contributed by atoms with Crippen molar-refractivity contribution >= 4 is 21.8 Å². The fourth-order valence-corrected chi connectivity index (χ4v) is 2.16. The third kappa shape index (κ3) is 2.82. The maximum Gasteiger partial charge on any atom is 0.433 e. The number of rotatable bonds is 4. The highest BCUT2D eigenvalue weighted by Gasteiger charge is 2.20. The van der Waals surface area contributed by atoms with Crippen LogP contribution in [-0.4, -0.2) is 12.0 Å². The summed E-state index contributed by atoms with van der Waals surface area (Å²) < 4.78 is 18.7. The Labute approximate surface area is 116 Å². The van der Waals surface area contributed by atoms with Crippen LogP contribution in [0.25, 0.3) is 0 Å². The molecule has 0 radical (unpaired) electrons. The van der Waals surface area contributed by atoms with Crippen molar-refractivity contribution in [2.75, 3.05) is 7.05 Å². The third-order valence-corrected chi connectivity index (χ3v) is 3.25. The first kappa shape index (κ1) is 13.7. The summed E-state index contributed by atoms with van der Waals surface area (Å²) in [6.45, 7) is 0. The Morgan fingerprint density at radius 2 is 2.16 bits per heavy atom. The second kappa shape index (κ2) is 5.50. The van der Waals surface area contributed by atoms with Gasteiger partial charge in [-0.15, -0.1) is 0 Å². The number of nitrogens with zero attached hydrogens (tertiary/aromatic N) is 1. The summed E-state index contributed by atoms with van der Waals surface area (Å²) in [5.74, 6) is -0.298. The van der Waals surface area contributed by atoms with Crippen molar-refractivity contribution in [1.82, 2.24) is 5.32 Å². The topological polar surface area (TPSA) is 68.3 Å². The Kier molecular flexibility index (Phi) is 3.96. The smallest absolute Gasteiger partial charge is 0.404 e. The van der Waals surface area contributed by atoms with Crippen molar-refractivity contribution in [3.05, 3.63) is 62.1 Å². The summed E-state index contributed by atoms with van der Waals surface area (Å²) in [6, 6.07) is 6.95. The van der Waals surface area contributed by atoms with Crippen molar-refractivity contribution < 1.29 is 13.7 Å². The van der Waals surface area contributed by atoms with Crippen LogP contribution in [0.5, 0.6) is 0 Å². The highest BCUT2D eigenvalue weighted by molar-refractivity contribution is 9.10. The van der Waals surface area contributed by atoms with Gasteiger partial charge in [-0.3, -0.25) is 10.1 Å². The Hall–Kier alpha value is -1.73. The molecule has 1 atom stereocenters. The van der Waals surface area contributed by atoms with Gasteiger partial charge in [-0.05, 0) is 46.7 Å². The van der Waals surface area contributed by atoms with Crippen LogP contribution >= 0.6 is 15.9 Å². The van der Waals surface area contributed by atoms with Gasteiger partial charge in [-0.1, -0.05) is 6.07 Å². The average molecular weight is 329 g/mol. The van der Waals surface area contributed by atoms with Gasteiger partial charge in [-0.25, -0.2) is 4.39 Å². The van der Waals surface area contributed by atoms with Gasteiger partial charge in [0.2, 0.25) is 0 Å². The molecule has 0 aliphatic heterocycles. The minimum Gasteiger partial charge on any atom is -0.404 e. The second-order valence-electron chi connectivity index (χ2n) is 3.83. The molecule has 1 aromatic carbocycles. The highest BCUT2D eigenvalue weighted by atomic mass is 79.9. The van der Waals surface area contributed by atoms with Gasteiger partial charge in [0.25, 0.3) is 0 Å². The predicted molar refractivity (Wildman–Crippen MR) is 70.4 cm³/mol. The van der Waals surface area contributed by atoms with Gasteiger partial charge in [0.15, 0.2) is 0 Å². The molecule has 1 N–H and O–H groups in total. The molecule has 1 unspecified atom stereocenters. The van der Waals surface area contributed by atoms with Crippen LogP contribution < -0.4 is 5.32 Å². The normalized spacial score (nSPS) is 12.4. The van der Waals surface area contributed by atoms with Crippen molar-refractivity contribution in [2.45, 2.75) is 6.04 Å². The molecular weight excluding hydrogens is 319 g/mol. The summed E-state index contributed by atoms with van der Waals surface area (Å²) in [6.07, 6.45) is 0. The molecule has 0 spiro atoms. The van der Waals surface area contributed by atoms with Gasteiger partial charge < -0.3 is 9.73 Å². The molecule has 0 saturated carbocycles. The lowest BCUT2D eigenvalue weighted by Crippen LogP contribution is -2.17. The first-order chi connectivity index (χ1) is 9.02. The van der Waals surface area contributed by atoms with E-state index in [1.165, 1.54) is 18.2 Å². The van der Waals surface area contributed by atoms with E-state index in [1.54, 1.807) is 19.2 Å². The Morgan fingerprint density at radius 3 is 2.68 bits per heavy atom. The van der Waals surface area contributed by atoms with E-state index in [2.05, 4.69) is 21.2 Å². The third-order valence-electron chi connectivity index (χ3n) is 2.64. The van der Waals surface area contributed by atoms with Crippen molar-refractivity contribution in [2.24, 2.45) is 0 Å². The molecule has 19 heavy (non-hydrogen) atoms. The standard InChI is InChI=1S/C12H10BrFN2O3/c1-15-12(7-2-3-9(14)8(13)6-7)10-4-5-11(19-10)16(17)18/h2-6,12,15H,1H3. The molecule has 2 rings (SSSR count). The lowest BCUT2D eigenvalue weighted by atomic mass is 10.1. The number of nitrogens with one attached hydrogen (secondary N) is 1. The maximum absolute atomic E-state index is 13.2. The fourth-order valence-electron chi connectivity index (χ4n) is 1.76. The minimum atomic E-state index is -0.600. The number of benzene rings is 1. The molecule has 0 amide bonds. The van der Waals surface area contributed by atoms with Gasteiger partial charge in [0, 0.05) is 0 Å². The van der Waals surface area contributed by atoms with Crippen molar-refractivity contribution in [3.63, 3.8) is 0 Å². The van der Waals surface area contributed by atoms with Gasteiger partial charge in [0.1, 0.15) is 16.5 Å². The molecule has 0 saturated heterocycles. The molecule has 100 valence electrons. The van der Waals surface area contributed by atoms with E-state index >= 15 is 0 Å². The van der Waals surface area contributed by atoms with Crippen LogP contribution in [0.1, 0.15) is 17.4 Å². The predicted octanol–water partition coefficient (Wildman–Crippen LogP) is 3.40. The van der Waals surface area contributed by atoms with Gasteiger partial charge in [-0.2, -0.15) is 0 Å². The zero-order valence-corrected chi connectivity index (χ0v) is 11.5. The van der Waals surface area contributed by atoms with Crippen molar-refractivity contribution in [1.29, 1.82) is 0 Å². The number of hydrogen-bond donors (Lipinski definition) is 1. The van der Waals surface area contributed by atoms with Crippen molar-refractivity contribution in [3.8, 4) is 0 Å². The van der Waals surface area contributed by atoms with Crippen LogP contribution in [0.4, 0.5) is 10.3 Å². The minimum absolute atomic E-state index is 0.323. The van der Waals surface area contributed by atoms with E-state index in [9.17, 15) is 14.5 Å². The fraction of sp³-hybridized carbons (Fsp3) is 0.167. The van der Waals surface area contributed by atoms with Crippen LogP contribution in [0.2, 0.25) is 0 Å². The zero-order valence-electron chi connectivity index (χ0n) is 9.89. The van der Waals surface area contributed by atoms with Gasteiger partial charge >= 0.3 is 5.88 Å². The molecule has 1 heterocycles. The largest absolute Gasteiger partial charge is 0.433 e. The maximum atomic E-state index is 13.2. The van der Waals surface area contributed by atoms with Crippen LogP contribution in [0, 0.1) is 15.9 Å². The molecule has 7 heteroatoms. The average Bonchev–Trinajstić information content (AvgIpc) is 2.84. The van der Waals surface area contributed by atoms with Crippen LogP contribution in [-0.2, 0) is 0 Å². The first-order valence-electron chi connectivity index (χ1n) is 5.39. The summed E-state index contributed by atoms with van der Waals surface area (Å²) in [4.78, 5) is 9.99. The molecule has 0 fully saturated rings. The quantitative estimate of drug-likeness (QED) is 0.689. The van der Waals surface area contributed by atoms with E-state index in [1.807, 2.05) is 0 Å². The molecule has 2 aromatic rings. The Bertz CT molecular complexity index is 615. The second-order valence-corrected chi connectivity index (χ2v) is 4.68. The number of furan rings is 1. The van der Waals surface area contributed by atoms with Crippen LogP contribution in [0.15, 0.2) is 39.2 Å². The SMILES string of the molecule is CNC(c1ccc(F)c(Br)c1)c1ccc([N+](=O)[O-])o1. The van der Waals surface area contributed by atoms with E-state index in [4.69, 9.17) is 4.42 Å². The zero-order chi connectivity index (χ0) is 14.0. The molecule has 0 aliphatic rings. The lowest BCUT2D eigenvalue weighted by molar-refractivity contribution is -0.402. The monoisotopic (exact) mass is 328 g/mol. The Morgan fingerprint density at radius 1 is 1.42 bits per heavy atom. The molecule has 0 bridgehead atoms. The highest BCUT2D eigenvalue weighted by Crippen LogP contribution is 2.29. The molecule has 0 aliphatic carbocycles. The lowest BCUT2D eigenvalue weighted by Gasteiger charge is -2.14. The number of nitro groups is 1. The Balaban J connectivity index is 2.37. The summed E-state index contributed by atoms with van der Waals surface area (Å²) in [7, 11) is 1.69. The van der Waals surface area contributed by atoms with E-state index in [0.29, 0.717) is 10.2 Å². The summed E-state index contributed by atoms with van der Waals surface area (Å²) in [5, 5.41) is 13.6. The summed E-state index contributed by atoms with van der Waals surface area (Å²) >= 11 is 3.10. The summed E-state index contributed by atoms with van der Waals surface area (Å²) in [5.41, 5.74) is 0.736. The molecule has 5 nitrogen and oxygen atoms in total. The number of halogens is 2. The first-order valence-corrected chi connectivity index (χ1v) is 6.18. The van der Waals surface area contributed by atoms with E-state index < -0.39 is 4.92 Å². The van der Waals surface area contributed by atoms with E-state index in [0.717, 1.165) is 5.56 Å². The van der Waals surface area contributed by atoms with E-state index in [-0.39, 0.29) is 17.7 Å². The van der Waals surface area contributed by atoms with Crippen LogP contribution in [0.3, 0.4) is 0 Å².